The number of hydrogen-bond donors (Lipinski definition) is 1. The first-order chi connectivity index (χ1) is 14.1. The Morgan fingerprint density at radius 3 is 2.48 bits per heavy atom. The van der Waals surface area contributed by atoms with E-state index in [4.69, 9.17) is 10.5 Å². The SMILES string of the molecule is CC(=O)OCCCCCCCCC=Cc1ccc(Sc2ccccc2Br)c(N)c1. The maximum Gasteiger partial charge on any atom is 0.302 e. The molecule has 2 aromatic rings. The molecule has 0 aliphatic carbocycles. The average Bonchev–Trinajstić information content (AvgIpc) is 2.69. The van der Waals surface area contributed by atoms with Crippen molar-refractivity contribution in [3.05, 3.63) is 58.6 Å². The fourth-order valence-corrected chi connectivity index (χ4v) is 4.31. The van der Waals surface area contributed by atoms with E-state index in [-0.39, 0.29) is 5.97 Å². The second-order valence-corrected chi connectivity index (χ2v) is 8.92. The molecule has 0 spiro atoms. The first kappa shape index (κ1) is 23.6. The molecule has 0 aliphatic heterocycles. The summed E-state index contributed by atoms with van der Waals surface area (Å²) in [5.41, 5.74) is 8.21. The van der Waals surface area contributed by atoms with Crippen LogP contribution in [0, 0.1) is 0 Å². The van der Waals surface area contributed by atoms with E-state index in [2.05, 4.69) is 46.3 Å². The standard InChI is InChI=1S/C24H30BrNO2S/c1-19(27)28-17-11-7-5-3-2-4-6-8-12-20-15-16-24(22(26)18-20)29-23-14-10-9-13-21(23)25/h8-10,12-16,18H,2-7,11,17,26H2,1H3. The van der Waals surface area contributed by atoms with Gasteiger partial charge in [0.05, 0.1) is 6.61 Å². The van der Waals surface area contributed by atoms with Gasteiger partial charge >= 0.3 is 5.97 Å². The lowest BCUT2D eigenvalue weighted by Gasteiger charge is -2.08. The van der Waals surface area contributed by atoms with Gasteiger partial charge in [0.2, 0.25) is 0 Å². The van der Waals surface area contributed by atoms with E-state index in [1.165, 1.54) is 32.6 Å². The molecule has 0 saturated carbocycles. The lowest BCUT2D eigenvalue weighted by atomic mass is 10.1. The molecule has 5 heteroatoms. The Morgan fingerprint density at radius 1 is 1.03 bits per heavy atom. The van der Waals surface area contributed by atoms with Crippen molar-refractivity contribution in [2.45, 2.75) is 61.7 Å². The molecule has 0 heterocycles. The van der Waals surface area contributed by atoms with Gasteiger partial charge in [0.25, 0.3) is 0 Å². The smallest absolute Gasteiger partial charge is 0.302 e. The van der Waals surface area contributed by atoms with Crippen LogP contribution in [0.25, 0.3) is 6.08 Å². The monoisotopic (exact) mass is 475 g/mol. The molecule has 0 atom stereocenters. The number of carbonyl (C=O) groups excluding carboxylic acids is 1. The fraction of sp³-hybridized carbons (Fsp3) is 0.375. The van der Waals surface area contributed by atoms with E-state index < -0.39 is 0 Å². The molecule has 0 fully saturated rings. The van der Waals surface area contributed by atoms with Crippen molar-refractivity contribution in [3.8, 4) is 0 Å². The number of halogens is 1. The third-order valence-electron chi connectivity index (χ3n) is 4.47. The summed E-state index contributed by atoms with van der Waals surface area (Å²) in [5, 5.41) is 0. The summed E-state index contributed by atoms with van der Waals surface area (Å²) in [6.45, 7) is 2.01. The molecule has 29 heavy (non-hydrogen) atoms. The third-order valence-corrected chi connectivity index (χ3v) is 6.59. The highest BCUT2D eigenvalue weighted by molar-refractivity contribution is 9.10. The van der Waals surface area contributed by atoms with Gasteiger partial charge in [-0.05, 0) is 65.0 Å². The Morgan fingerprint density at radius 2 is 1.76 bits per heavy atom. The number of allylic oxidation sites excluding steroid dienone is 1. The molecular formula is C24H30BrNO2S. The minimum absolute atomic E-state index is 0.184. The molecule has 3 nitrogen and oxygen atoms in total. The highest BCUT2D eigenvalue weighted by Gasteiger charge is 2.05. The van der Waals surface area contributed by atoms with E-state index in [1.54, 1.807) is 11.8 Å². The molecule has 156 valence electrons. The Labute approximate surface area is 187 Å². The van der Waals surface area contributed by atoms with Crippen molar-refractivity contribution in [1.29, 1.82) is 0 Å². The number of ether oxygens (including phenoxy) is 1. The summed E-state index contributed by atoms with van der Waals surface area (Å²) in [6.07, 6.45) is 12.5. The number of unbranched alkanes of at least 4 members (excludes halogenated alkanes) is 6. The van der Waals surface area contributed by atoms with Crippen LogP contribution in [0.3, 0.4) is 0 Å². The fourth-order valence-electron chi connectivity index (χ4n) is 2.92. The molecule has 0 unspecified atom stereocenters. The number of nitrogens with two attached hydrogens (primary N) is 1. The number of anilines is 1. The van der Waals surface area contributed by atoms with Crippen LogP contribution in [0.15, 0.2) is 62.8 Å². The van der Waals surface area contributed by atoms with Crippen LogP contribution >= 0.6 is 27.7 Å². The molecule has 2 aromatic carbocycles. The Bertz CT molecular complexity index is 807. The third kappa shape index (κ3) is 9.55. The summed E-state index contributed by atoms with van der Waals surface area (Å²) in [4.78, 5) is 12.9. The van der Waals surface area contributed by atoms with Gasteiger partial charge in [-0.3, -0.25) is 4.79 Å². The lowest BCUT2D eigenvalue weighted by molar-refractivity contribution is -0.141. The van der Waals surface area contributed by atoms with E-state index in [9.17, 15) is 4.79 Å². The maximum atomic E-state index is 10.7. The van der Waals surface area contributed by atoms with Crippen LogP contribution in [-0.4, -0.2) is 12.6 Å². The number of esters is 1. The molecule has 0 saturated heterocycles. The first-order valence-corrected chi connectivity index (χ1v) is 11.8. The minimum atomic E-state index is -0.184. The second kappa shape index (κ2) is 13.5. The van der Waals surface area contributed by atoms with Crippen LogP contribution in [0.4, 0.5) is 5.69 Å². The maximum absolute atomic E-state index is 10.7. The molecule has 2 rings (SSSR count). The number of benzene rings is 2. The zero-order chi connectivity index (χ0) is 20.9. The average molecular weight is 476 g/mol. The Kier molecular flexibility index (Phi) is 11.0. The van der Waals surface area contributed by atoms with Gasteiger partial charge in [-0.15, -0.1) is 0 Å². The first-order valence-electron chi connectivity index (χ1n) is 10.2. The van der Waals surface area contributed by atoms with Gasteiger partial charge in [-0.25, -0.2) is 0 Å². The highest BCUT2D eigenvalue weighted by Crippen LogP contribution is 2.36. The number of rotatable bonds is 12. The molecule has 2 N–H and O–H groups in total. The van der Waals surface area contributed by atoms with Crippen LogP contribution in [-0.2, 0) is 9.53 Å². The van der Waals surface area contributed by atoms with Crippen LogP contribution in [0.2, 0.25) is 0 Å². The molecule has 0 radical (unpaired) electrons. The molecular weight excluding hydrogens is 446 g/mol. The molecule has 0 aromatic heterocycles. The lowest BCUT2D eigenvalue weighted by Crippen LogP contribution is -1.99. The summed E-state index contributed by atoms with van der Waals surface area (Å²) in [5.74, 6) is -0.184. The van der Waals surface area contributed by atoms with Crippen molar-refractivity contribution in [2.24, 2.45) is 0 Å². The topological polar surface area (TPSA) is 52.3 Å². The predicted octanol–water partition coefficient (Wildman–Crippen LogP) is 7.49. The van der Waals surface area contributed by atoms with Gasteiger partial charge in [0.1, 0.15) is 0 Å². The quantitative estimate of drug-likeness (QED) is 0.196. The summed E-state index contributed by atoms with van der Waals surface area (Å²) >= 11 is 5.26. The van der Waals surface area contributed by atoms with Crippen LogP contribution in [0.5, 0.6) is 0 Å². The van der Waals surface area contributed by atoms with E-state index in [1.807, 2.05) is 24.3 Å². The molecule has 0 bridgehead atoms. The van der Waals surface area contributed by atoms with E-state index in [0.717, 1.165) is 44.8 Å². The summed E-state index contributed by atoms with van der Waals surface area (Å²) in [6, 6.07) is 14.4. The van der Waals surface area contributed by atoms with Crippen molar-refractivity contribution in [1.82, 2.24) is 0 Å². The second-order valence-electron chi connectivity index (χ2n) is 6.98. The predicted molar refractivity (Wildman–Crippen MR) is 127 cm³/mol. The molecule has 0 amide bonds. The van der Waals surface area contributed by atoms with Crippen molar-refractivity contribution in [3.63, 3.8) is 0 Å². The number of nitrogen functional groups attached to an aromatic ring is 1. The Hall–Kier alpha value is -1.72. The van der Waals surface area contributed by atoms with Gasteiger partial charge in [-0.1, -0.05) is 67.8 Å². The van der Waals surface area contributed by atoms with Crippen LogP contribution in [0.1, 0.15) is 57.4 Å². The van der Waals surface area contributed by atoms with Crippen LogP contribution < -0.4 is 5.73 Å². The van der Waals surface area contributed by atoms with Crippen molar-refractivity contribution in [2.75, 3.05) is 12.3 Å². The number of hydrogen-bond acceptors (Lipinski definition) is 4. The Balaban J connectivity index is 1.65. The van der Waals surface area contributed by atoms with E-state index in [0.29, 0.717) is 6.61 Å². The zero-order valence-electron chi connectivity index (χ0n) is 17.0. The molecule has 0 aliphatic rings. The van der Waals surface area contributed by atoms with Gasteiger partial charge < -0.3 is 10.5 Å². The van der Waals surface area contributed by atoms with Gasteiger partial charge in [0.15, 0.2) is 0 Å². The van der Waals surface area contributed by atoms with Gasteiger partial charge in [0, 0.05) is 26.9 Å². The summed E-state index contributed by atoms with van der Waals surface area (Å²) < 4.78 is 6.02. The summed E-state index contributed by atoms with van der Waals surface area (Å²) in [7, 11) is 0. The van der Waals surface area contributed by atoms with Crippen molar-refractivity contribution >= 4 is 45.4 Å². The zero-order valence-corrected chi connectivity index (χ0v) is 19.4. The largest absolute Gasteiger partial charge is 0.466 e. The van der Waals surface area contributed by atoms with Gasteiger partial charge in [-0.2, -0.15) is 0 Å². The van der Waals surface area contributed by atoms with E-state index >= 15 is 0 Å². The number of carbonyl (C=O) groups is 1. The normalized spacial score (nSPS) is 11.1. The minimum Gasteiger partial charge on any atom is -0.466 e. The highest BCUT2D eigenvalue weighted by atomic mass is 79.9. The van der Waals surface area contributed by atoms with Crippen molar-refractivity contribution < 1.29 is 9.53 Å².